The fraction of sp³-hybridized carbons (Fsp3) is 0.353. The van der Waals surface area contributed by atoms with Gasteiger partial charge in [-0.3, -0.25) is 4.79 Å². The number of anilines is 1. The number of amides is 1. The van der Waals surface area contributed by atoms with Crippen molar-refractivity contribution < 1.29 is 17.6 Å². The summed E-state index contributed by atoms with van der Waals surface area (Å²) >= 11 is 0. The molecule has 24 heavy (non-hydrogen) atoms. The zero-order valence-corrected chi connectivity index (χ0v) is 14.3. The van der Waals surface area contributed by atoms with Crippen molar-refractivity contribution in [2.24, 2.45) is 0 Å². The van der Waals surface area contributed by atoms with E-state index >= 15 is 0 Å². The van der Waals surface area contributed by atoms with Crippen LogP contribution < -0.4 is 4.90 Å². The van der Waals surface area contributed by atoms with Crippen LogP contribution in [0.2, 0.25) is 0 Å². The highest BCUT2D eigenvalue weighted by atomic mass is 32.2. The summed E-state index contributed by atoms with van der Waals surface area (Å²) in [6.07, 6.45) is 1.50. The van der Waals surface area contributed by atoms with Gasteiger partial charge >= 0.3 is 0 Å². The van der Waals surface area contributed by atoms with E-state index in [4.69, 9.17) is 4.42 Å². The summed E-state index contributed by atoms with van der Waals surface area (Å²) in [5.74, 6) is 0.363. The molecule has 0 bridgehead atoms. The van der Waals surface area contributed by atoms with Gasteiger partial charge in [-0.2, -0.15) is 0 Å². The molecule has 0 atom stereocenters. The summed E-state index contributed by atoms with van der Waals surface area (Å²) in [7, 11) is -3.17. The van der Waals surface area contributed by atoms with Gasteiger partial charge in [0.1, 0.15) is 0 Å². The van der Waals surface area contributed by atoms with Crippen molar-refractivity contribution in [3.63, 3.8) is 0 Å². The fourth-order valence-corrected chi connectivity index (χ4v) is 3.64. The van der Waals surface area contributed by atoms with E-state index in [-0.39, 0.29) is 11.7 Å². The lowest BCUT2D eigenvalue weighted by Crippen LogP contribution is -2.48. The molecular formula is C17H20N2O4S. The first kappa shape index (κ1) is 16.6. The van der Waals surface area contributed by atoms with E-state index < -0.39 is 9.84 Å². The third kappa shape index (κ3) is 3.31. The van der Waals surface area contributed by atoms with Crippen LogP contribution in [0.15, 0.2) is 52.0 Å². The zero-order chi connectivity index (χ0) is 17.2. The molecule has 1 aromatic heterocycles. The van der Waals surface area contributed by atoms with Crippen LogP contribution in [0.4, 0.5) is 5.69 Å². The molecule has 0 aliphatic carbocycles. The van der Waals surface area contributed by atoms with Gasteiger partial charge in [0.05, 0.1) is 16.9 Å². The van der Waals surface area contributed by atoms with Crippen LogP contribution in [0.3, 0.4) is 0 Å². The summed E-state index contributed by atoms with van der Waals surface area (Å²) in [5.41, 5.74) is 0.968. The minimum atomic E-state index is -3.17. The quantitative estimate of drug-likeness (QED) is 0.845. The number of hydrogen-bond acceptors (Lipinski definition) is 5. The molecular weight excluding hydrogens is 328 g/mol. The van der Waals surface area contributed by atoms with E-state index in [1.165, 1.54) is 6.26 Å². The third-order valence-corrected chi connectivity index (χ3v) is 5.99. The summed E-state index contributed by atoms with van der Waals surface area (Å²) in [5, 5.41) is 0. The van der Waals surface area contributed by atoms with Crippen LogP contribution in [0.1, 0.15) is 17.5 Å². The highest BCUT2D eigenvalue weighted by molar-refractivity contribution is 7.91. The average Bonchev–Trinajstić information content (AvgIpc) is 3.16. The standard InChI is InChI=1S/C17H20N2O4S/c1-2-24(21,22)15-7-5-14(6-8-15)18-9-11-19(12-10-18)17(20)16-4-3-13-23-16/h3-8,13H,2,9-12H2,1H3. The Kier molecular flexibility index (Phi) is 4.62. The number of carbonyl (C=O) groups is 1. The molecule has 0 saturated carbocycles. The molecule has 0 spiro atoms. The van der Waals surface area contributed by atoms with Crippen LogP contribution in [-0.2, 0) is 9.84 Å². The Labute approximate surface area is 141 Å². The molecule has 7 heteroatoms. The van der Waals surface area contributed by atoms with Gasteiger partial charge in [-0.25, -0.2) is 8.42 Å². The number of carbonyl (C=O) groups excluding carboxylic acids is 1. The molecule has 0 N–H and O–H groups in total. The van der Waals surface area contributed by atoms with E-state index in [0.717, 1.165) is 5.69 Å². The van der Waals surface area contributed by atoms with Gasteiger partial charge in [0.25, 0.3) is 5.91 Å². The minimum absolute atomic E-state index is 0.0935. The molecule has 1 fully saturated rings. The molecule has 128 valence electrons. The monoisotopic (exact) mass is 348 g/mol. The molecule has 6 nitrogen and oxygen atoms in total. The van der Waals surface area contributed by atoms with Gasteiger partial charge in [-0.1, -0.05) is 6.92 Å². The molecule has 1 aromatic carbocycles. The number of rotatable bonds is 4. The highest BCUT2D eigenvalue weighted by Gasteiger charge is 2.24. The van der Waals surface area contributed by atoms with E-state index in [1.807, 2.05) is 12.1 Å². The largest absolute Gasteiger partial charge is 0.459 e. The number of benzene rings is 1. The maximum absolute atomic E-state index is 12.2. The lowest BCUT2D eigenvalue weighted by atomic mass is 10.2. The molecule has 1 saturated heterocycles. The first-order valence-corrected chi connectivity index (χ1v) is 9.57. The molecule has 2 aromatic rings. The van der Waals surface area contributed by atoms with E-state index in [0.29, 0.717) is 36.8 Å². The molecule has 3 rings (SSSR count). The second-order valence-corrected chi connectivity index (χ2v) is 7.93. The van der Waals surface area contributed by atoms with Crippen molar-refractivity contribution in [1.29, 1.82) is 0 Å². The van der Waals surface area contributed by atoms with Gasteiger partial charge in [0, 0.05) is 31.9 Å². The number of piperazine rings is 1. The molecule has 1 aliphatic heterocycles. The van der Waals surface area contributed by atoms with Gasteiger partial charge in [-0.05, 0) is 36.4 Å². The summed E-state index contributed by atoms with van der Waals surface area (Å²) in [4.78, 5) is 16.5. The van der Waals surface area contributed by atoms with Crippen LogP contribution >= 0.6 is 0 Å². The van der Waals surface area contributed by atoms with E-state index in [1.54, 1.807) is 36.1 Å². The normalized spacial score (nSPS) is 15.5. The molecule has 1 amide bonds. The average molecular weight is 348 g/mol. The number of furan rings is 1. The van der Waals surface area contributed by atoms with Crippen molar-refractivity contribution in [1.82, 2.24) is 4.90 Å². The SMILES string of the molecule is CCS(=O)(=O)c1ccc(N2CCN(C(=O)c3ccco3)CC2)cc1. The predicted molar refractivity (Wildman–Crippen MR) is 91.0 cm³/mol. The fourth-order valence-electron chi connectivity index (χ4n) is 2.75. The maximum atomic E-state index is 12.2. The molecule has 2 heterocycles. The van der Waals surface area contributed by atoms with Gasteiger partial charge in [0.15, 0.2) is 15.6 Å². The van der Waals surface area contributed by atoms with Crippen molar-refractivity contribution in [2.45, 2.75) is 11.8 Å². The lowest BCUT2D eigenvalue weighted by molar-refractivity contribution is 0.0714. The van der Waals surface area contributed by atoms with Crippen LogP contribution in [-0.4, -0.2) is 51.2 Å². The molecule has 0 unspecified atom stereocenters. The third-order valence-electron chi connectivity index (χ3n) is 4.24. The van der Waals surface area contributed by atoms with E-state index in [9.17, 15) is 13.2 Å². The van der Waals surface area contributed by atoms with E-state index in [2.05, 4.69) is 4.90 Å². The van der Waals surface area contributed by atoms with Crippen molar-refractivity contribution in [3.8, 4) is 0 Å². The Morgan fingerprint density at radius 3 is 2.29 bits per heavy atom. The second-order valence-electron chi connectivity index (χ2n) is 5.65. The van der Waals surface area contributed by atoms with Gasteiger partial charge < -0.3 is 14.2 Å². The summed E-state index contributed by atoms with van der Waals surface area (Å²) in [6.45, 7) is 4.25. The Morgan fingerprint density at radius 1 is 1.08 bits per heavy atom. The second kappa shape index (κ2) is 6.68. The van der Waals surface area contributed by atoms with Crippen molar-refractivity contribution in [3.05, 3.63) is 48.4 Å². The van der Waals surface area contributed by atoms with Gasteiger partial charge in [-0.15, -0.1) is 0 Å². The number of hydrogen-bond donors (Lipinski definition) is 0. The first-order valence-electron chi connectivity index (χ1n) is 7.92. The van der Waals surface area contributed by atoms with Crippen molar-refractivity contribution in [2.75, 3.05) is 36.8 Å². The zero-order valence-electron chi connectivity index (χ0n) is 13.5. The lowest BCUT2D eigenvalue weighted by Gasteiger charge is -2.35. The van der Waals surface area contributed by atoms with Crippen LogP contribution in [0, 0.1) is 0 Å². The van der Waals surface area contributed by atoms with Crippen molar-refractivity contribution >= 4 is 21.4 Å². The number of nitrogens with zero attached hydrogens (tertiary/aromatic N) is 2. The highest BCUT2D eigenvalue weighted by Crippen LogP contribution is 2.21. The minimum Gasteiger partial charge on any atom is -0.459 e. The summed E-state index contributed by atoms with van der Waals surface area (Å²) < 4.78 is 28.9. The first-order chi connectivity index (χ1) is 11.5. The number of sulfone groups is 1. The topological polar surface area (TPSA) is 70.8 Å². The Morgan fingerprint density at radius 2 is 1.75 bits per heavy atom. The summed E-state index contributed by atoms with van der Waals surface area (Å²) in [6, 6.07) is 10.3. The Balaban J connectivity index is 1.64. The van der Waals surface area contributed by atoms with Crippen LogP contribution in [0.25, 0.3) is 0 Å². The maximum Gasteiger partial charge on any atom is 0.289 e. The molecule has 0 radical (unpaired) electrons. The smallest absolute Gasteiger partial charge is 0.289 e. The Bertz CT molecular complexity index is 790. The predicted octanol–water partition coefficient (Wildman–Crippen LogP) is 2.04. The van der Waals surface area contributed by atoms with Crippen LogP contribution in [0.5, 0.6) is 0 Å². The molecule has 1 aliphatic rings. The Hall–Kier alpha value is -2.28. The van der Waals surface area contributed by atoms with Gasteiger partial charge in [0.2, 0.25) is 0 Å².